The quantitative estimate of drug-likeness (QED) is 0.896. The molecule has 0 spiro atoms. The van der Waals surface area contributed by atoms with E-state index in [0.717, 1.165) is 23.9 Å². The van der Waals surface area contributed by atoms with Gasteiger partial charge in [-0.25, -0.2) is 13.6 Å². The number of aryl methyl sites for hydroxylation is 1. The number of hydrogen-bond acceptors (Lipinski definition) is 2. The summed E-state index contributed by atoms with van der Waals surface area (Å²) in [4.78, 5) is 14.4. The van der Waals surface area contributed by atoms with Gasteiger partial charge in [-0.1, -0.05) is 24.3 Å². The second-order valence-electron chi connectivity index (χ2n) is 6.36. The predicted octanol–water partition coefficient (Wildman–Crippen LogP) is 3.70. The summed E-state index contributed by atoms with van der Waals surface area (Å²) in [5, 5.41) is 6.68. The van der Waals surface area contributed by atoms with Crippen molar-refractivity contribution >= 4 is 11.8 Å². The summed E-state index contributed by atoms with van der Waals surface area (Å²) in [5.74, 6) is 0.298. The zero-order valence-corrected chi connectivity index (χ0v) is 14.2. The van der Waals surface area contributed by atoms with E-state index >= 15 is 0 Å². The number of alkyl halides is 2. The molecule has 134 valence electrons. The minimum absolute atomic E-state index is 0.143. The fourth-order valence-corrected chi connectivity index (χ4v) is 3.26. The number of amides is 2. The second kappa shape index (κ2) is 7.63. The molecule has 1 aromatic carbocycles. The van der Waals surface area contributed by atoms with Crippen LogP contribution in [0, 0.1) is 6.92 Å². The molecule has 1 saturated heterocycles. The maximum atomic E-state index is 12.5. The van der Waals surface area contributed by atoms with E-state index in [0.29, 0.717) is 12.4 Å². The van der Waals surface area contributed by atoms with Crippen molar-refractivity contribution in [1.82, 2.24) is 14.7 Å². The average Bonchev–Trinajstić information content (AvgIpc) is 3.18. The van der Waals surface area contributed by atoms with E-state index in [1.165, 1.54) is 23.4 Å². The van der Waals surface area contributed by atoms with E-state index < -0.39 is 13.0 Å². The van der Waals surface area contributed by atoms with Crippen LogP contribution in [0.25, 0.3) is 0 Å². The summed E-state index contributed by atoms with van der Waals surface area (Å²) in [5.41, 5.74) is 2.47. The van der Waals surface area contributed by atoms with Crippen LogP contribution in [0.3, 0.4) is 0 Å². The van der Waals surface area contributed by atoms with Crippen LogP contribution in [0.2, 0.25) is 0 Å². The number of benzene rings is 1. The van der Waals surface area contributed by atoms with Crippen molar-refractivity contribution in [3.05, 3.63) is 47.7 Å². The molecule has 3 rings (SSSR count). The van der Waals surface area contributed by atoms with Crippen LogP contribution in [0.1, 0.15) is 24.0 Å². The molecular weight excluding hydrogens is 326 g/mol. The van der Waals surface area contributed by atoms with Crippen molar-refractivity contribution in [2.45, 2.75) is 45.2 Å². The van der Waals surface area contributed by atoms with E-state index in [1.807, 2.05) is 17.0 Å². The molecular formula is C18H22F2N4O. The lowest BCUT2D eigenvalue weighted by atomic mass is 10.00. The highest BCUT2D eigenvalue weighted by Gasteiger charge is 2.29. The Morgan fingerprint density at radius 2 is 2.16 bits per heavy atom. The molecule has 1 unspecified atom stereocenters. The number of aromatic nitrogens is 2. The Bertz CT molecular complexity index is 731. The van der Waals surface area contributed by atoms with Crippen LogP contribution < -0.4 is 5.32 Å². The van der Waals surface area contributed by atoms with Gasteiger partial charge in [-0.3, -0.25) is 10.00 Å². The van der Waals surface area contributed by atoms with Gasteiger partial charge in [0.1, 0.15) is 6.54 Å². The zero-order chi connectivity index (χ0) is 17.8. The molecule has 5 nitrogen and oxygen atoms in total. The summed E-state index contributed by atoms with van der Waals surface area (Å²) in [6.45, 7) is 2.29. The molecule has 1 aromatic heterocycles. The molecule has 7 heteroatoms. The van der Waals surface area contributed by atoms with Crippen LogP contribution in [0.15, 0.2) is 36.5 Å². The molecule has 1 N–H and O–H groups in total. The number of urea groups is 1. The number of nitrogens with one attached hydrogen (secondary N) is 1. The standard InChI is InChI=1S/C18H22F2N4O/c1-13-5-2-3-6-14(13)11-15-7-4-9-24(15)18(25)21-17-8-10-23(22-17)12-16(19)20/h2-3,5-6,8,10,15-16H,4,7,9,11-12H2,1H3,(H,21,22,25). The third kappa shape index (κ3) is 4.35. The summed E-state index contributed by atoms with van der Waals surface area (Å²) < 4.78 is 25.9. The fraction of sp³-hybridized carbons (Fsp3) is 0.444. The maximum Gasteiger partial charge on any atom is 0.323 e. The molecule has 2 heterocycles. The smallest absolute Gasteiger partial charge is 0.321 e. The molecule has 2 amide bonds. The van der Waals surface area contributed by atoms with E-state index in [4.69, 9.17) is 0 Å². The first kappa shape index (κ1) is 17.4. The SMILES string of the molecule is Cc1ccccc1CC1CCCN1C(=O)Nc1ccn(CC(F)F)n1. The van der Waals surface area contributed by atoms with Gasteiger partial charge in [0.25, 0.3) is 6.43 Å². The van der Waals surface area contributed by atoms with Crippen LogP contribution in [-0.4, -0.2) is 39.7 Å². The van der Waals surface area contributed by atoms with E-state index in [9.17, 15) is 13.6 Å². The molecule has 0 aliphatic carbocycles. The Kier molecular flexibility index (Phi) is 5.31. The maximum absolute atomic E-state index is 12.5. The summed E-state index contributed by atoms with van der Waals surface area (Å²) >= 11 is 0. The number of carbonyl (C=O) groups is 1. The molecule has 1 aliphatic heterocycles. The van der Waals surface area contributed by atoms with Gasteiger partial charge in [0.2, 0.25) is 0 Å². The normalized spacial score (nSPS) is 17.3. The van der Waals surface area contributed by atoms with Gasteiger partial charge in [0, 0.05) is 24.8 Å². The van der Waals surface area contributed by atoms with Gasteiger partial charge >= 0.3 is 6.03 Å². The Hall–Kier alpha value is -2.44. The number of likely N-dealkylation sites (tertiary alicyclic amines) is 1. The molecule has 0 radical (unpaired) electrons. The number of carbonyl (C=O) groups excluding carboxylic acids is 1. The van der Waals surface area contributed by atoms with Crippen LogP contribution in [-0.2, 0) is 13.0 Å². The monoisotopic (exact) mass is 348 g/mol. The number of anilines is 1. The first-order chi connectivity index (χ1) is 12.0. The van der Waals surface area contributed by atoms with Crippen molar-refractivity contribution in [2.75, 3.05) is 11.9 Å². The fourth-order valence-electron chi connectivity index (χ4n) is 3.26. The highest BCUT2D eigenvalue weighted by molar-refractivity contribution is 5.88. The molecule has 0 saturated carbocycles. The lowest BCUT2D eigenvalue weighted by Gasteiger charge is -2.25. The highest BCUT2D eigenvalue weighted by Crippen LogP contribution is 2.23. The van der Waals surface area contributed by atoms with Crippen LogP contribution in [0.5, 0.6) is 0 Å². The lowest BCUT2D eigenvalue weighted by Crippen LogP contribution is -2.40. The predicted molar refractivity (Wildman–Crippen MR) is 91.9 cm³/mol. The largest absolute Gasteiger partial charge is 0.323 e. The van der Waals surface area contributed by atoms with Crippen molar-refractivity contribution < 1.29 is 13.6 Å². The van der Waals surface area contributed by atoms with E-state index in [1.54, 1.807) is 0 Å². The Balaban J connectivity index is 1.62. The Labute approximate surface area is 145 Å². The van der Waals surface area contributed by atoms with Crippen molar-refractivity contribution in [1.29, 1.82) is 0 Å². The zero-order valence-electron chi connectivity index (χ0n) is 14.2. The molecule has 1 aliphatic rings. The van der Waals surface area contributed by atoms with Gasteiger partial charge in [-0.2, -0.15) is 5.10 Å². The van der Waals surface area contributed by atoms with Crippen molar-refractivity contribution in [2.24, 2.45) is 0 Å². The van der Waals surface area contributed by atoms with Crippen LogP contribution >= 0.6 is 0 Å². The first-order valence-corrected chi connectivity index (χ1v) is 8.46. The number of rotatable bonds is 5. The van der Waals surface area contributed by atoms with Crippen LogP contribution in [0.4, 0.5) is 19.4 Å². The summed E-state index contributed by atoms with van der Waals surface area (Å²) in [6, 6.07) is 9.64. The number of hydrogen-bond donors (Lipinski definition) is 1. The van der Waals surface area contributed by atoms with Crippen molar-refractivity contribution in [3.63, 3.8) is 0 Å². The second-order valence-corrected chi connectivity index (χ2v) is 6.36. The highest BCUT2D eigenvalue weighted by atomic mass is 19.3. The number of nitrogens with zero attached hydrogens (tertiary/aromatic N) is 3. The third-order valence-corrected chi connectivity index (χ3v) is 4.56. The minimum atomic E-state index is -2.47. The molecule has 1 atom stereocenters. The molecule has 2 aromatic rings. The van der Waals surface area contributed by atoms with Gasteiger partial charge in [0.15, 0.2) is 5.82 Å². The average molecular weight is 348 g/mol. The lowest BCUT2D eigenvalue weighted by molar-refractivity contribution is 0.122. The third-order valence-electron chi connectivity index (χ3n) is 4.56. The van der Waals surface area contributed by atoms with Gasteiger partial charge in [-0.05, 0) is 37.3 Å². The molecule has 0 bridgehead atoms. The topological polar surface area (TPSA) is 50.2 Å². The van der Waals surface area contributed by atoms with E-state index in [2.05, 4.69) is 29.5 Å². The Morgan fingerprint density at radius 1 is 1.36 bits per heavy atom. The summed E-state index contributed by atoms with van der Waals surface area (Å²) in [7, 11) is 0. The van der Waals surface area contributed by atoms with Crippen molar-refractivity contribution in [3.8, 4) is 0 Å². The Morgan fingerprint density at radius 3 is 2.92 bits per heavy atom. The van der Waals surface area contributed by atoms with Gasteiger partial charge in [-0.15, -0.1) is 0 Å². The molecule has 25 heavy (non-hydrogen) atoms. The first-order valence-electron chi connectivity index (χ1n) is 8.46. The minimum Gasteiger partial charge on any atom is -0.321 e. The van der Waals surface area contributed by atoms with Gasteiger partial charge < -0.3 is 4.90 Å². The number of halogens is 2. The van der Waals surface area contributed by atoms with E-state index in [-0.39, 0.29) is 12.1 Å². The van der Waals surface area contributed by atoms with Gasteiger partial charge in [0.05, 0.1) is 0 Å². The summed E-state index contributed by atoms with van der Waals surface area (Å²) in [6.07, 6.45) is 1.71. The molecule has 1 fully saturated rings.